The number of amides is 1. The molecule has 26 heavy (non-hydrogen) atoms. The fourth-order valence-electron chi connectivity index (χ4n) is 3.85. The van der Waals surface area contributed by atoms with Gasteiger partial charge < -0.3 is 9.30 Å². The predicted octanol–water partition coefficient (Wildman–Crippen LogP) is 3.40. The van der Waals surface area contributed by atoms with Gasteiger partial charge in [0, 0.05) is 30.8 Å². The highest BCUT2D eigenvalue weighted by molar-refractivity contribution is 5.80. The lowest BCUT2D eigenvalue weighted by molar-refractivity contribution is -0.119. The van der Waals surface area contributed by atoms with Crippen molar-refractivity contribution in [3.63, 3.8) is 0 Å². The number of rotatable bonds is 4. The Labute approximate surface area is 152 Å². The third-order valence-electron chi connectivity index (χ3n) is 5.08. The molecule has 0 saturated carbocycles. The lowest BCUT2D eigenvalue weighted by Crippen LogP contribution is -2.33. The van der Waals surface area contributed by atoms with Crippen molar-refractivity contribution in [2.75, 3.05) is 13.1 Å². The van der Waals surface area contributed by atoms with Gasteiger partial charge in [-0.3, -0.25) is 4.79 Å². The van der Waals surface area contributed by atoms with Crippen LogP contribution in [-0.2, 0) is 11.2 Å². The summed E-state index contributed by atoms with van der Waals surface area (Å²) >= 11 is 0. The van der Waals surface area contributed by atoms with E-state index in [9.17, 15) is 4.79 Å². The van der Waals surface area contributed by atoms with Crippen molar-refractivity contribution in [1.29, 1.82) is 5.26 Å². The lowest BCUT2D eigenvalue weighted by atomic mass is 9.97. The van der Waals surface area contributed by atoms with Gasteiger partial charge in [0.15, 0.2) is 0 Å². The molecule has 1 aliphatic heterocycles. The molecule has 0 spiro atoms. The molecule has 1 aliphatic rings. The number of benzene rings is 1. The van der Waals surface area contributed by atoms with Gasteiger partial charge in [0.1, 0.15) is 5.82 Å². The Hall–Kier alpha value is -3.13. The normalized spacial score (nSPS) is 17.2. The standard InChI is InChI=1S/C21H20N4O/c22-11-10-16-6-1-2-8-18(16)20-19-9-3-4-13-25(19)21(23-20)17-7-5-12-24(14-17)15-26/h1-4,6,8-9,13,15,17H,5,7,10,12,14H2. The van der Waals surface area contributed by atoms with E-state index in [0.29, 0.717) is 13.0 Å². The number of fused-ring (bicyclic) bond motifs is 1. The number of nitriles is 1. The average molecular weight is 344 g/mol. The lowest BCUT2D eigenvalue weighted by Gasteiger charge is -2.29. The second-order valence-corrected chi connectivity index (χ2v) is 6.71. The van der Waals surface area contributed by atoms with E-state index in [1.807, 2.05) is 47.5 Å². The maximum absolute atomic E-state index is 11.2. The van der Waals surface area contributed by atoms with E-state index >= 15 is 0 Å². The Morgan fingerprint density at radius 1 is 1.23 bits per heavy atom. The third kappa shape index (κ3) is 2.84. The summed E-state index contributed by atoms with van der Waals surface area (Å²) in [6.45, 7) is 1.53. The van der Waals surface area contributed by atoms with Crippen LogP contribution in [0.5, 0.6) is 0 Å². The molecule has 1 unspecified atom stereocenters. The summed E-state index contributed by atoms with van der Waals surface area (Å²) in [5.74, 6) is 1.22. The number of carbonyl (C=O) groups is 1. The van der Waals surface area contributed by atoms with Crippen LogP contribution in [0.1, 0.15) is 30.1 Å². The van der Waals surface area contributed by atoms with Crippen molar-refractivity contribution < 1.29 is 4.79 Å². The number of hydrogen-bond acceptors (Lipinski definition) is 3. The van der Waals surface area contributed by atoms with Crippen LogP contribution >= 0.6 is 0 Å². The zero-order valence-corrected chi connectivity index (χ0v) is 14.5. The molecule has 1 saturated heterocycles. The van der Waals surface area contributed by atoms with Gasteiger partial charge in [-0.2, -0.15) is 5.26 Å². The molecule has 130 valence electrons. The highest BCUT2D eigenvalue weighted by Gasteiger charge is 2.26. The molecule has 0 bridgehead atoms. The summed E-state index contributed by atoms with van der Waals surface area (Å²) in [5.41, 5.74) is 3.95. The summed E-state index contributed by atoms with van der Waals surface area (Å²) in [6.07, 6.45) is 5.35. The highest BCUT2D eigenvalue weighted by atomic mass is 16.1. The largest absolute Gasteiger partial charge is 0.345 e. The summed E-state index contributed by atoms with van der Waals surface area (Å²) in [6, 6.07) is 16.3. The number of hydrogen-bond donors (Lipinski definition) is 0. The van der Waals surface area contributed by atoms with Gasteiger partial charge in [-0.1, -0.05) is 30.3 Å². The van der Waals surface area contributed by atoms with Gasteiger partial charge >= 0.3 is 0 Å². The number of pyridine rings is 1. The Balaban J connectivity index is 1.85. The molecule has 3 heterocycles. The van der Waals surface area contributed by atoms with Crippen LogP contribution < -0.4 is 0 Å². The Morgan fingerprint density at radius 3 is 2.92 bits per heavy atom. The van der Waals surface area contributed by atoms with Crippen molar-refractivity contribution >= 4 is 11.9 Å². The van der Waals surface area contributed by atoms with Gasteiger partial charge in [0.25, 0.3) is 0 Å². The van der Waals surface area contributed by atoms with Crippen LogP contribution in [0.4, 0.5) is 0 Å². The maximum atomic E-state index is 11.2. The van der Waals surface area contributed by atoms with Crippen LogP contribution in [0.25, 0.3) is 16.8 Å². The first-order valence-electron chi connectivity index (χ1n) is 8.93. The zero-order valence-electron chi connectivity index (χ0n) is 14.5. The monoisotopic (exact) mass is 344 g/mol. The molecule has 4 rings (SSSR count). The van der Waals surface area contributed by atoms with Crippen molar-refractivity contribution in [2.45, 2.75) is 25.2 Å². The number of piperidine rings is 1. The SMILES string of the molecule is N#CCc1ccccc1-c1nc(C2CCCN(C=O)C2)n2ccccc12. The minimum absolute atomic E-state index is 0.223. The Morgan fingerprint density at radius 2 is 2.08 bits per heavy atom. The molecule has 5 nitrogen and oxygen atoms in total. The van der Waals surface area contributed by atoms with Gasteiger partial charge in [-0.25, -0.2) is 4.98 Å². The molecule has 1 atom stereocenters. The molecule has 1 aromatic carbocycles. The molecule has 1 fully saturated rings. The van der Waals surface area contributed by atoms with Gasteiger partial charge in [-0.15, -0.1) is 0 Å². The number of nitrogens with zero attached hydrogens (tertiary/aromatic N) is 4. The molecule has 3 aromatic rings. The maximum Gasteiger partial charge on any atom is 0.209 e. The quantitative estimate of drug-likeness (QED) is 0.682. The summed E-state index contributed by atoms with van der Waals surface area (Å²) in [7, 11) is 0. The van der Waals surface area contributed by atoms with E-state index < -0.39 is 0 Å². The molecule has 0 radical (unpaired) electrons. The molecular formula is C21H20N4O. The fourth-order valence-corrected chi connectivity index (χ4v) is 3.85. The number of carbonyl (C=O) groups excluding carboxylic acids is 1. The summed E-state index contributed by atoms with van der Waals surface area (Å²) in [4.78, 5) is 18.1. The van der Waals surface area contributed by atoms with Gasteiger partial charge in [0.05, 0.1) is 23.7 Å². The number of aromatic nitrogens is 2. The van der Waals surface area contributed by atoms with Crippen LogP contribution in [0.15, 0.2) is 48.7 Å². The first-order chi connectivity index (χ1) is 12.8. The van der Waals surface area contributed by atoms with Gasteiger partial charge in [0.2, 0.25) is 6.41 Å². The topological polar surface area (TPSA) is 61.4 Å². The summed E-state index contributed by atoms with van der Waals surface area (Å²) < 4.78 is 2.14. The minimum Gasteiger partial charge on any atom is -0.345 e. The molecule has 0 N–H and O–H groups in total. The van der Waals surface area contributed by atoms with Crippen LogP contribution in [0.3, 0.4) is 0 Å². The molecule has 5 heteroatoms. The number of likely N-dealkylation sites (tertiary alicyclic amines) is 1. The third-order valence-corrected chi connectivity index (χ3v) is 5.08. The van der Waals surface area contributed by atoms with Crippen molar-refractivity contribution in [3.8, 4) is 17.3 Å². The first kappa shape index (κ1) is 16.3. The zero-order chi connectivity index (χ0) is 17.9. The van der Waals surface area contributed by atoms with E-state index in [0.717, 1.165) is 54.0 Å². The van der Waals surface area contributed by atoms with E-state index in [-0.39, 0.29) is 5.92 Å². The van der Waals surface area contributed by atoms with E-state index in [1.165, 1.54) is 0 Å². The molecule has 1 amide bonds. The average Bonchev–Trinajstić information content (AvgIpc) is 3.08. The van der Waals surface area contributed by atoms with E-state index in [2.05, 4.69) is 16.5 Å². The van der Waals surface area contributed by atoms with E-state index in [1.54, 1.807) is 0 Å². The second kappa shape index (κ2) is 7.01. The molecule has 0 aliphatic carbocycles. The Kier molecular flexibility index (Phi) is 4.40. The van der Waals surface area contributed by atoms with Crippen LogP contribution in [0, 0.1) is 11.3 Å². The van der Waals surface area contributed by atoms with E-state index in [4.69, 9.17) is 10.2 Å². The predicted molar refractivity (Wildman–Crippen MR) is 99.6 cm³/mol. The van der Waals surface area contributed by atoms with Gasteiger partial charge in [-0.05, 0) is 30.5 Å². The molecule has 2 aromatic heterocycles. The second-order valence-electron chi connectivity index (χ2n) is 6.71. The van der Waals surface area contributed by atoms with Crippen molar-refractivity contribution in [1.82, 2.24) is 14.3 Å². The Bertz CT molecular complexity index is 985. The smallest absolute Gasteiger partial charge is 0.209 e. The van der Waals surface area contributed by atoms with Crippen LogP contribution in [0.2, 0.25) is 0 Å². The first-order valence-corrected chi connectivity index (χ1v) is 8.93. The highest BCUT2D eigenvalue weighted by Crippen LogP contribution is 2.33. The fraction of sp³-hybridized carbons (Fsp3) is 0.286. The van der Waals surface area contributed by atoms with Crippen molar-refractivity contribution in [3.05, 3.63) is 60.0 Å². The molecular weight excluding hydrogens is 324 g/mol. The summed E-state index contributed by atoms with van der Waals surface area (Å²) in [5, 5.41) is 9.16. The van der Waals surface area contributed by atoms with Crippen molar-refractivity contribution in [2.24, 2.45) is 0 Å². The number of imidazole rings is 1. The minimum atomic E-state index is 0.223. The van der Waals surface area contributed by atoms with Crippen LogP contribution in [-0.4, -0.2) is 33.8 Å².